The Kier molecular flexibility index (Phi) is 4.18. The van der Waals surface area contributed by atoms with Crippen LogP contribution in [0.15, 0.2) is 59.3 Å². The van der Waals surface area contributed by atoms with E-state index in [4.69, 9.17) is 0 Å². The van der Waals surface area contributed by atoms with E-state index >= 15 is 0 Å². The fraction of sp³-hybridized carbons (Fsp3) is 0.118. The van der Waals surface area contributed by atoms with Gasteiger partial charge in [0, 0.05) is 17.5 Å². The summed E-state index contributed by atoms with van der Waals surface area (Å²) in [5, 5.41) is 4.02. The Morgan fingerprint density at radius 1 is 1.00 bits per heavy atom. The highest BCUT2D eigenvalue weighted by Crippen LogP contribution is 2.29. The fourth-order valence-corrected chi connectivity index (χ4v) is 3.87. The van der Waals surface area contributed by atoms with Crippen molar-refractivity contribution in [3.63, 3.8) is 0 Å². The number of hydrogen-bond donors (Lipinski definition) is 0. The molecule has 0 unspecified atom stereocenters. The van der Waals surface area contributed by atoms with Gasteiger partial charge in [0.15, 0.2) is 0 Å². The summed E-state index contributed by atoms with van der Waals surface area (Å²) in [5.74, 6) is 0.0808. The monoisotopic (exact) mass is 313 g/mol. The predicted molar refractivity (Wildman–Crippen MR) is 89.9 cm³/mol. The average molecular weight is 313 g/mol. The number of hydrogen-bond acceptors (Lipinski definition) is 3. The minimum absolute atomic E-state index is 0.0808. The molecule has 21 heavy (non-hydrogen) atoms. The smallest absolute Gasteiger partial charge is 0.264 e. The Morgan fingerprint density at radius 2 is 1.81 bits per heavy atom. The average Bonchev–Trinajstić information content (AvgIpc) is 3.18. The molecule has 0 aliphatic heterocycles. The highest BCUT2D eigenvalue weighted by Gasteiger charge is 2.18. The predicted octanol–water partition coefficient (Wildman–Crippen LogP) is 4.75. The molecule has 1 aromatic carbocycles. The van der Waals surface area contributed by atoms with Crippen LogP contribution in [0.1, 0.15) is 14.5 Å². The van der Waals surface area contributed by atoms with Gasteiger partial charge in [-0.25, -0.2) is 0 Å². The van der Waals surface area contributed by atoms with Gasteiger partial charge in [-0.05, 0) is 28.5 Å². The molecule has 3 rings (SSSR count). The SMILES string of the molecule is CN(Cc1cccs1)C(=O)c1sccc1-c1ccccc1. The van der Waals surface area contributed by atoms with Gasteiger partial charge < -0.3 is 4.90 Å². The summed E-state index contributed by atoms with van der Waals surface area (Å²) in [6.07, 6.45) is 0. The van der Waals surface area contributed by atoms with Crippen LogP contribution in [-0.4, -0.2) is 17.9 Å². The lowest BCUT2D eigenvalue weighted by atomic mass is 10.1. The minimum Gasteiger partial charge on any atom is -0.336 e. The maximum atomic E-state index is 12.7. The Labute approximate surface area is 132 Å². The molecule has 0 saturated heterocycles. The van der Waals surface area contributed by atoms with Crippen LogP contribution in [0.4, 0.5) is 0 Å². The van der Waals surface area contributed by atoms with E-state index in [0.29, 0.717) is 6.54 Å². The highest BCUT2D eigenvalue weighted by molar-refractivity contribution is 7.12. The molecule has 0 aliphatic carbocycles. The maximum Gasteiger partial charge on any atom is 0.264 e. The molecule has 0 spiro atoms. The molecular formula is C17H15NOS2. The third-order valence-electron chi connectivity index (χ3n) is 3.26. The van der Waals surface area contributed by atoms with Gasteiger partial charge >= 0.3 is 0 Å². The lowest BCUT2D eigenvalue weighted by molar-refractivity contribution is 0.0792. The Bertz CT molecular complexity index is 716. The quantitative estimate of drug-likeness (QED) is 0.680. The van der Waals surface area contributed by atoms with Crippen LogP contribution in [0.3, 0.4) is 0 Å². The van der Waals surface area contributed by atoms with Crippen molar-refractivity contribution in [2.24, 2.45) is 0 Å². The topological polar surface area (TPSA) is 20.3 Å². The second kappa shape index (κ2) is 6.24. The molecule has 4 heteroatoms. The van der Waals surface area contributed by atoms with Crippen LogP contribution < -0.4 is 0 Å². The van der Waals surface area contributed by atoms with Crippen LogP contribution in [0.5, 0.6) is 0 Å². The first kappa shape index (κ1) is 14.0. The standard InChI is InChI=1S/C17H15NOS2/c1-18(12-14-8-5-10-20-14)17(19)16-15(9-11-21-16)13-6-3-2-4-7-13/h2-11H,12H2,1H3. The third kappa shape index (κ3) is 3.06. The van der Waals surface area contributed by atoms with E-state index < -0.39 is 0 Å². The Balaban J connectivity index is 1.84. The minimum atomic E-state index is 0.0808. The second-order valence-electron chi connectivity index (χ2n) is 4.77. The van der Waals surface area contributed by atoms with Crippen molar-refractivity contribution in [2.75, 3.05) is 7.05 Å². The number of thiophene rings is 2. The highest BCUT2D eigenvalue weighted by atomic mass is 32.1. The van der Waals surface area contributed by atoms with E-state index in [-0.39, 0.29) is 5.91 Å². The van der Waals surface area contributed by atoms with Crippen molar-refractivity contribution in [3.8, 4) is 11.1 Å². The molecule has 2 heterocycles. The van der Waals surface area contributed by atoms with Crippen molar-refractivity contribution in [3.05, 3.63) is 69.0 Å². The number of rotatable bonds is 4. The van der Waals surface area contributed by atoms with E-state index in [1.807, 2.05) is 60.3 Å². The summed E-state index contributed by atoms with van der Waals surface area (Å²) in [6.45, 7) is 0.655. The zero-order valence-electron chi connectivity index (χ0n) is 11.7. The number of amides is 1. The number of carbonyl (C=O) groups is 1. The molecule has 2 nitrogen and oxygen atoms in total. The summed E-state index contributed by atoms with van der Waals surface area (Å²) >= 11 is 3.18. The zero-order chi connectivity index (χ0) is 14.7. The molecule has 1 amide bonds. The first-order chi connectivity index (χ1) is 10.3. The largest absolute Gasteiger partial charge is 0.336 e. The molecule has 0 atom stereocenters. The zero-order valence-corrected chi connectivity index (χ0v) is 13.3. The molecule has 0 N–H and O–H groups in total. The van der Waals surface area contributed by atoms with Gasteiger partial charge in [-0.1, -0.05) is 36.4 Å². The molecule has 0 fully saturated rings. The first-order valence-corrected chi connectivity index (χ1v) is 8.42. The van der Waals surface area contributed by atoms with E-state index in [0.717, 1.165) is 16.0 Å². The van der Waals surface area contributed by atoms with Gasteiger partial charge in [0.2, 0.25) is 0 Å². The van der Waals surface area contributed by atoms with Gasteiger partial charge in [-0.3, -0.25) is 4.79 Å². The van der Waals surface area contributed by atoms with E-state index in [2.05, 4.69) is 6.07 Å². The van der Waals surface area contributed by atoms with E-state index in [1.165, 1.54) is 16.2 Å². The normalized spacial score (nSPS) is 10.5. The molecule has 0 bridgehead atoms. The van der Waals surface area contributed by atoms with Crippen molar-refractivity contribution in [2.45, 2.75) is 6.54 Å². The first-order valence-electron chi connectivity index (χ1n) is 6.66. The van der Waals surface area contributed by atoms with Gasteiger partial charge in [-0.15, -0.1) is 22.7 Å². The maximum absolute atomic E-state index is 12.7. The van der Waals surface area contributed by atoms with E-state index in [9.17, 15) is 4.79 Å². The summed E-state index contributed by atoms with van der Waals surface area (Å²) in [7, 11) is 1.86. The van der Waals surface area contributed by atoms with Gasteiger partial charge in [0.1, 0.15) is 0 Å². The summed E-state index contributed by atoms with van der Waals surface area (Å²) in [4.78, 5) is 16.5. The molecule has 2 aromatic heterocycles. The summed E-state index contributed by atoms with van der Waals surface area (Å²) in [6, 6.07) is 16.1. The van der Waals surface area contributed by atoms with Gasteiger partial charge in [-0.2, -0.15) is 0 Å². The lowest BCUT2D eigenvalue weighted by Crippen LogP contribution is -2.25. The molecule has 3 aromatic rings. The van der Waals surface area contributed by atoms with Crippen LogP contribution in [0.25, 0.3) is 11.1 Å². The molecule has 0 saturated carbocycles. The Hall–Kier alpha value is -1.91. The summed E-state index contributed by atoms with van der Waals surface area (Å²) < 4.78 is 0. The van der Waals surface area contributed by atoms with Crippen LogP contribution in [0, 0.1) is 0 Å². The number of carbonyl (C=O) groups excluding carboxylic acids is 1. The summed E-state index contributed by atoms with van der Waals surface area (Å²) in [5.41, 5.74) is 2.11. The molecular weight excluding hydrogens is 298 g/mol. The second-order valence-corrected chi connectivity index (χ2v) is 6.72. The molecule has 0 aliphatic rings. The molecule has 0 radical (unpaired) electrons. The van der Waals surface area contributed by atoms with Gasteiger partial charge in [0.25, 0.3) is 5.91 Å². The van der Waals surface area contributed by atoms with Crippen molar-refractivity contribution in [1.29, 1.82) is 0 Å². The fourth-order valence-electron chi connectivity index (χ4n) is 2.20. The van der Waals surface area contributed by atoms with E-state index in [1.54, 1.807) is 16.2 Å². The van der Waals surface area contributed by atoms with Crippen molar-refractivity contribution in [1.82, 2.24) is 4.90 Å². The third-order valence-corrected chi connectivity index (χ3v) is 5.03. The van der Waals surface area contributed by atoms with Crippen LogP contribution >= 0.6 is 22.7 Å². The van der Waals surface area contributed by atoms with Gasteiger partial charge in [0.05, 0.1) is 11.4 Å². The van der Waals surface area contributed by atoms with Crippen molar-refractivity contribution >= 4 is 28.6 Å². The molecule has 106 valence electrons. The lowest BCUT2D eigenvalue weighted by Gasteiger charge is -2.16. The Morgan fingerprint density at radius 3 is 2.52 bits per heavy atom. The van der Waals surface area contributed by atoms with Crippen LogP contribution in [-0.2, 0) is 6.54 Å². The number of benzene rings is 1. The van der Waals surface area contributed by atoms with Crippen molar-refractivity contribution < 1.29 is 4.79 Å². The number of nitrogens with zero attached hydrogens (tertiary/aromatic N) is 1. The van der Waals surface area contributed by atoms with Crippen LogP contribution in [0.2, 0.25) is 0 Å².